The number of aryl methyl sites for hydroxylation is 2. The third kappa shape index (κ3) is 2.14. The Balaban J connectivity index is 2.31. The van der Waals surface area contributed by atoms with Crippen molar-refractivity contribution in [1.82, 2.24) is 9.78 Å². The quantitative estimate of drug-likeness (QED) is 0.852. The second-order valence-electron chi connectivity index (χ2n) is 3.98. The fourth-order valence-corrected chi connectivity index (χ4v) is 1.82. The van der Waals surface area contributed by atoms with E-state index in [-0.39, 0.29) is 6.61 Å². The maximum absolute atomic E-state index is 8.84. The van der Waals surface area contributed by atoms with Crippen molar-refractivity contribution in [3.05, 3.63) is 47.3 Å². The standard InChI is InChI=1S/C13H16N2O/c1-10-9-11(2)15(14-10)13-5-3-12(4-6-13)7-8-16/h3-6,9,16H,7-8H2,1-2H3. The lowest BCUT2D eigenvalue weighted by Crippen LogP contribution is -1.99. The van der Waals surface area contributed by atoms with Crippen LogP contribution in [0.4, 0.5) is 0 Å². The number of nitrogens with zero attached hydrogens (tertiary/aromatic N) is 2. The summed E-state index contributed by atoms with van der Waals surface area (Å²) in [5, 5.41) is 13.3. The average Bonchev–Trinajstić information content (AvgIpc) is 2.59. The van der Waals surface area contributed by atoms with Gasteiger partial charge >= 0.3 is 0 Å². The van der Waals surface area contributed by atoms with Crippen LogP contribution in [0, 0.1) is 13.8 Å². The minimum absolute atomic E-state index is 0.194. The molecule has 1 N–H and O–H groups in total. The molecule has 0 saturated carbocycles. The molecular formula is C13H16N2O. The summed E-state index contributed by atoms with van der Waals surface area (Å²) in [6.07, 6.45) is 0.706. The molecule has 0 aliphatic rings. The monoisotopic (exact) mass is 216 g/mol. The molecule has 3 heteroatoms. The van der Waals surface area contributed by atoms with Gasteiger partial charge in [0.05, 0.1) is 11.4 Å². The molecule has 0 unspecified atom stereocenters. The van der Waals surface area contributed by atoms with Crippen molar-refractivity contribution in [3.63, 3.8) is 0 Å². The van der Waals surface area contributed by atoms with Gasteiger partial charge in [0.2, 0.25) is 0 Å². The van der Waals surface area contributed by atoms with Gasteiger partial charge < -0.3 is 5.11 Å². The SMILES string of the molecule is Cc1cc(C)n(-c2ccc(CCO)cc2)n1. The normalized spacial score (nSPS) is 10.7. The molecule has 84 valence electrons. The van der Waals surface area contributed by atoms with Gasteiger partial charge in [0.25, 0.3) is 0 Å². The van der Waals surface area contributed by atoms with Crippen molar-refractivity contribution >= 4 is 0 Å². The van der Waals surface area contributed by atoms with Crippen LogP contribution in [-0.2, 0) is 6.42 Å². The Morgan fingerprint density at radius 3 is 2.38 bits per heavy atom. The first-order chi connectivity index (χ1) is 7.70. The highest BCUT2D eigenvalue weighted by atomic mass is 16.2. The van der Waals surface area contributed by atoms with E-state index in [4.69, 9.17) is 5.11 Å². The van der Waals surface area contributed by atoms with E-state index in [0.29, 0.717) is 6.42 Å². The van der Waals surface area contributed by atoms with E-state index in [9.17, 15) is 0 Å². The molecule has 0 saturated heterocycles. The summed E-state index contributed by atoms with van der Waals surface area (Å²) in [4.78, 5) is 0. The number of aromatic nitrogens is 2. The zero-order valence-corrected chi connectivity index (χ0v) is 9.64. The highest BCUT2D eigenvalue weighted by Crippen LogP contribution is 2.13. The van der Waals surface area contributed by atoms with E-state index >= 15 is 0 Å². The molecule has 2 rings (SSSR count). The maximum Gasteiger partial charge on any atom is 0.0648 e. The van der Waals surface area contributed by atoms with Gasteiger partial charge in [-0.3, -0.25) is 0 Å². The molecule has 0 bridgehead atoms. The Morgan fingerprint density at radius 2 is 1.88 bits per heavy atom. The fourth-order valence-electron chi connectivity index (χ4n) is 1.82. The molecule has 1 aromatic carbocycles. The van der Waals surface area contributed by atoms with E-state index in [0.717, 1.165) is 22.6 Å². The molecule has 1 heterocycles. The number of rotatable bonds is 3. The summed E-state index contributed by atoms with van der Waals surface area (Å²) in [6.45, 7) is 4.23. The Kier molecular flexibility index (Phi) is 3.06. The Labute approximate surface area is 95.3 Å². The predicted octanol–water partition coefficient (Wildman–Crippen LogP) is 2.02. The van der Waals surface area contributed by atoms with Crippen molar-refractivity contribution in [2.45, 2.75) is 20.3 Å². The maximum atomic E-state index is 8.84. The first-order valence-electron chi connectivity index (χ1n) is 5.44. The average molecular weight is 216 g/mol. The van der Waals surface area contributed by atoms with Gasteiger partial charge in [0.1, 0.15) is 0 Å². The van der Waals surface area contributed by atoms with Gasteiger partial charge in [-0.15, -0.1) is 0 Å². The highest BCUT2D eigenvalue weighted by molar-refractivity contribution is 5.36. The van der Waals surface area contributed by atoms with E-state index in [1.54, 1.807) is 0 Å². The van der Waals surface area contributed by atoms with Gasteiger partial charge in [-0.1, -0.05) is 12.1 Å². The molecule has 0 spiro atoms. The van der Waals surface area contributed by atoms with Crippen LogP contribution in [0.5, 0.6) is 0 Å². The smallest absolute Gasteiger partial charge is 0.0648 e. The van der Waals surface area contributed by atoms with Gasteiger partial charge in [0, 0.05) is 12.3 Å². The third-order valence-corrected chi connectivity index (χ3v) is 2.59. The number of hydrogen-bond acceptors (Lipinski definition) is 2. The predicted molar refractivity (Wildman–Crippen MR) is 63.8 cm³/mol. The van der Waals surface area contributed by atoms with Crippen LogP contribution in [0.25, 0.3) is 5.69 Å². The minimum atomic E-state index is 0.194. The van der Waals surface area contributed by atoms with E-state index in [1.165, 1.54) is 0 Å². The zero-order valence-electron chi connectivity index (χ0n) is 9.64. The van der Waals surface area contributed by atoms with Crippen LogP contribution in [0.3, 0.4) is 0 Å². The van der Waals surface area contributed by atoms with Gasteiger partial charge in [0.15, 0.2) is 0 Å². The van der Waals surface area contributed by atoms with Crippen LogP contribution in [0.15, 0.2) is 30.3 Å². The molecule has 16 heavy (non-hydrogen) atoms. The minimum Gasteiger partial charge on any atom is -0.396 e. The van der Waals surface area contributed by atoms with Crippen molar-refractivity contribution in [3.8, 4) is 5.69 Å². The Morgan fingerprint density at radius 1 is 1.19 bits per heavy atom. The topological polar surface area (TPSA) is 38.0 Å². The highest BCUT2D eigenvalue weighted by Gasteiger charge is 2.03. The Bertz CT molecular complexity index is 471. The van der Waals surface area contributed by atoms with E-state index in [2.05, 4.69) is 11.2 Å². The summed E-state index contributed by atoms with van der Waals surface area (Å²) < 4.78 is 1.93. The summed E-state index contributed by atoms with van der Waals surface area (Å²) in [5.74, 6) is 0. The summed E-state index contributed by atoms with van der Waals surface area (Å²) in [7, 11) is 0. The lowest BCUT2D eigenvalue weighted by atomic mass is 10.1. The first-order valence-corrected chi connectivity index (χ1v) is 5.44. The third-order valence-electron chi connectivity index (χ3n) is 2.59. The lowest BCUT2D eigenvalue weighted by molar-refractivity contribution is 0.299. The summed E-state index contributed by atoms with van der Waals surface area (Å²) in [5.41, 5.74) is 4.37. The molecular weight excluding hydrogens is 200 g/mol. The largest absolute Gasteiger partial charge is 0.396 e. The van der Waals surface area contributed by atoms with Crippen LogP contribution in [0.2, 0.25) is 0 Å². The van der Waals surface area contributed by atoms with Crippen molar-refractivity contribution < 1.29 is 5.11 Å². The molecule has 0 amide bonds. The van der Waals surface area contributed by atoms with E-state index < -0.39 is 0 Å². The summed E-state index contributed by atoms with van der Waals surface area (Å²) >= 11 is 0. The van der Waals surface area contributed by atoms with Crippen molar-refractivity contribution in [1.29, 1.82) is 0 Å². The molecule has 2 aromatic rings. The van der Waals surface area contributed by atoms with Crippen LogP contribution < -0.4 is 0 Å². The lowest BCUT2D eigenvalue weighted by Gasteiger charge is -2.05. The van der Waals surface area contributed by atoms with Crippen molar-refractivity contribution in [2.24, 2.45) is 0 Å². The molecule has 1 aromatic heterocycles. The number of aliphatic hydroxyl groups is 1. The molecule has 0 atom stereocenters. The first kappa shape index (κ1) is 10.9. The number of hydrogen-bond donors (Lipinski definition) is 1. The number of aliphatic hydroxyl groups excluding tert-OH is 1. The fraction of sp³-hybridized carbons (Fsp3) is 0.308. The summed E-state index contributed by atoms with van der Waals surface area (Å²) in [6, 6.07) is 10.2. The molecule has 0 fully saturated rings. The van der Waals surface area contributed by atoms with E-state index in [1.807, 2.05) is 42.8 Å². The van der Waals surface area contributed by atoms with Crippen LogP contribution in [-0.4, -0.2) is 21.5 Å². The van der Waals surface area contributed by atoms with Crippen molar-refractivity contribution in [2.75, 3.05) is 6.61 Å². The van der Waals surface area contributed by atoms with Gasteiger partial charge in [-0.05, 0) is 44.0 Å². The second-order valence-corrected chi connectivity index (χ2v) is 3.98. The molecule has 0 aliphatic carbocycles. The second kappa shape index (κ2) is 4.49. The van der Waals surface area contributed by atoms with Gasteiger partial charge in [-0.2, -0.15) is 5.10 Å². The van der Waals surface area contributed by atoms with Gasteiger partial charge in [-0.25, -0.2) is 4.68 Å². The number of benzene rings is 1. The van der Waals surface area contributed by atoms with Crippen LogP contribution in [0.1, 0.15) is 17.0 Å². The molecule has 3 nitrogen and oxygen atoms in total. The Hall–Kier alpha value is -1.61. The molecule has 0 radical (unpaired) electrons. The van der Waals surface area contributed by atoms with Crippen LogP contribution >= 0.6 is 0 Å². The zero-order chi connectivity index (χ0) is 11.5. The molecule has 0 aliphatic heterocycles.